The maximum Gasteiger partial charge on any atom is 0.338 e. The lowest BCUT2D eigenvalue weighted by Crippen LogP contribution is -2.49. The number of amides is 2. The average Bonchev–Trinajstić information content (AvgIpc) is 2.75. The van der Waals surface area contributed by atoms with Crippen molar-refractivity contribution < 1.29 is 28.2 Å². The third kappa shape index (κ3) is 7.13. The minimum atomic E-state index is -0.756. The van der Waals surface area contributed by atoms with Crippen molar-refractivity contribution in [2.45, 2.75) is 13.3 Å². The zero-order valence-corrected chi connectivity index (χ0v) is 16.9. The number of carbonyl (C=O) groups is 3. The van der Waals surface area contributed by atoms with Gasteiger partial charge in [-0.3, -0.25) is 25.8 Å². The number of rotatable bonds is 7. The molecule has 0 aliphatic rings. The molecule has 10 heteroatoms. The summed E-state index contributed by atoms with van der Waals surface area (Å²) >= 11 is 4.87. The van der Waals surface area contributed by atoms with Crippen LogP contribution in [0.15, 0.2) is 48.5 Å². The van der Waals surface area contributed by atoms with Gasteiger partial charge in [0, 0.05) is 0 Å². The predicted molar refractivity (Wildman–Crippen MR) is 110 cm³/mol. The highest BCUT2D eigenvalue weighted by Gasteiger charge is 2.13. The Morgan fingerprint density at radius 2 is 1.73 bits per heavy atom. The van der Waals surface area contributed by atoms with Gasteiger partial charge in [0.15, 0.2) is 11.7 Å². The lowest BCUT2D eigenvalue weighted by atomic mass is 10.2. The first-order valence-electron chi connectivity index (χ1n) is 8.95. The van der Waals surface area contributed by atoms with Crippen molar-refractivity contribution in [2.24, 2.45) is 0 Å². The summed E-state index contributed by atoms with van der Waals surface area (Å²) in [5.41, 5.74) is 4.75. The molecule has 2 aromatic carbocycles. The lowest BCUT2D eigenvalue weighted by molar-refractivity contribution is -0.123. The van der Waals surface area contributed by atoms with Crippen LogP contribution in [-0.4, -0.2) is 36.1 Å². The van der Waals surface area contributed by atoms with E-state index >= 15 is 0 Å². The van der Waals surface area contributed by atoms with E-state index in [1.807, 2.05) is 6.92 Å². The molecule has 0 fully saturated rings. The van der Waals surface area contributed by atoms with E-state index in [1.54, 1.807) is 0 Å². The largest absolute Gasteiger partial charge is 0.484 e. The molecule has 2 rings (SSSR count). The number of carbonyl (C=O) groups excluding carboxylic acids is 3. The summed E-state index contributed by atoms with van der Waals surface area (Å²) in [4.78, 5) is 35.5. The van der Waals surface area contributed by atoms with Gasteiger partial charge < -0.3 is 9.47 Å². The van der Waals surface area contributed by atoms with Crippen molar-refractivity contribution in [2.75, 3.05) is 13.2 Å². The van der Waals surface area contributed by atoms with Crippen molar-refractivity contribution in [3.63, 3.8) is 0 Å². The molecule has 0 radical (unpaired) electrons. The van der Waals surface area contributed by atoms with Gasteiger partial charge in [-0.15, -0.1) is 0 Å². The van der Waals surface area contributed by atoms with E-state index in [9.17, 15) is 18.8 Å². The maximum absolute atomic E-state index is 13.6. The van der Waals surface area contributed by atoms with E-state index in [0.29, 0.717) is 17.9 Å². The Labute approximate surface area is 177 Å². The van der Waals surface area contributed by atoms with E-state index in [4.69, 9.17) is 21.7 Å². The van der Waals surface area contributed by atoms with E-state index in [0.717, 1.165) is 12.5 Å². The number of ether oxygens (including phenoxy) is 2. The molecule has 0 bridgehead atoms. The fourth-order valence-electron chi connectivity index (χ4n) is 2.12. The van der Waals surface area contributed by atoms with Crippen LogP contribution in [0, 0.1) is 5.82 Å². The summed E-state index contributed by atoms with van der Waals surface area (Å²) in [6, 6.07) is 11.5. The minimum Gasteiger partial charge on any atom is -0.484 e. The molecule has 158 valence electrons. The Hall–Kier alpha value is -3.53. The van der Waals surface area contributed by atoms with Gasteiger partial charge in [0.25, 0.3) is 11.8 Å². The summed E-state index contributed by atoms with van der Waals surface area (Å²) in [5, 5.41) is 2.02. The highest BCUT2D eigenvalue weighted by molar-refractivity contribution is 7.80. The lowest BCUT2D eigenvalue weighted by Gasteiger charge is -2.12. The molecule has 0 saturated carbocycles. The van der Waals surface area contributed by atoms with E-state index in [1.165, 1.54) is 42.5 Å². The average molecular weight is 433 g/mol. The van der Waals surface area contributed by atoms with Gasteiger partial charge in [0.05, 0.1) is 17.7 Å². The highest BCUT2D eigenvalue weighted by Crippen LogP contribution is 2.13. The van der Waals surface area contributed by atoms with Crippen LogP contribution in [0.5, 0.6) is 5.75 Å². The Bertz CT molecular complexity index is 921. The second-order valence-electron chi connectivity index (χ2n) is 5.89. The maximum atomic E-state index is 13.6. The van der Waals surface area contributed by atoms with Crippen LogP contribution in [-0.2, 0) is 9.53 Å². The summed E-state index contributed by atoms with van der Waals surface area (Å²) in [6.07, 6.45) is 0.729. The number of nitrogens with one attached hydrogen (secondary N) is 3. The van der Waals surface area contributed by atoms with E-state index in [2.05, 4.69) is 16.2 Å². The van der Waals surface area contributed by atoms with E-state index < -0.39 is 23.6 Å². The summed E-state index contributed by atoms with van der Waals surface area (Å²) in [5.74, 6) is -2.10. The molecule has 0 spiro atoms. The number of hydrogen-bond acceptors (Lipinski definition) is 6. The SMILES string of the molecule is CCCOC(=O)c1ccc(OCC(=O)NNC(=S)NC(=O)c2ccccc2F)cc1. The molecule has 0 aliphatic carbocycles. The van der Waals surface area contributed by atoms with Crippen molar-refractivity contribution in [1.82, 2.24) is 16.2 Å². The molecule has 0 unspecified atom stereocenters. The number of benzene rings is 2. The monoisotopic (exact) mass is 433 g/mol. The molecule has 30 heavy (non-hydrogen) atoms. The fraction of sp³-hybridized carbons (Fsp3) is 0.200. The van der Waals surface area contributed by atoms with Gasteiger partial charge in [-0.2, -0.15) is 0 Å². The predicted octanol–water partition coefficient (Wildman–Crippen LogP) is 2.11. The molecule has 0 saturated heterocycles. The highest BCUT2D eigenvalue weighted by atomic mass is 32.1. The molecule has 3 N–H and O–H groups in total. The number of esters is 1. The zero-order valence-electron chi connectivity index (χ0n) is 16.1. The molecular formula is C20H20FN3O5S. The Morgan fingerprint density at radius 1 is 1.03 bits per heavy atom. The quantitative estimate of drug-likeness (QED) is 0.349. The molecule has 0 aliphatic heterocycles. The van der Waals surface area contributed by atoms with E-state index in [-0.39, 0.29) is 17.3 Å². The van der Waals surface area contributed by atoms with Crippen molar-refractivity contribution in [1.29, 1.82) is 0 Å². The Morgan fingerprint density at radius 3 is 2.40 bits per heavy atom. The standard InChI is InChI=1S/C20H20FN3O5S/c1-2-11-28-19(27)13-7-9-14(10-8-13)29-12-17(25)23-24-20(30)22-18(26)15-5-3-4-6-16(15)21/h3-10H,2,11-12H2,1H3,(H,23,25)(H2,22,24,26,30). The summed E-state index contributed by atoms with van der Waals surface area (Å²) in [6.45, 7) is 1.89. The summed E-state index contributed by atoms with van der Waals surface area (Å²) in [7, 11) is 0. The molecule has 0 atom stereocenters. The number of halogens is 1. The zero-order chi connectivity index (χ0) is 21.9. The second-order valence-corrected chi connectivity index (χ2v) is 6.29. The van der Waals surface area contributed by atoms with Crippen molar-refractivity contribution in [3.8, 4) is 5.75 Å². The molecule has 2 aromatic rings. The van der Waals surface area contributed by atoms with Gasteiger partial charge in [-0.05, 0) is 55.0 Å². The van der Waals surface area contributed by atoms with Crippen LogP contribution in [0.2, 0.25) is 0 Å². The van der Waals surface area contributed by atoms with Gasteiger partial charge in [-0.1, -0.05) is 19.1 Å². The third-order valence-electron chi connectivity index (χ3n) is 3.56. The molecule has 0 heterocycles. The first-order chi connectivity index (χ1) is 14.4. The van der Waals surface area contributed by atoms with Crippen molar-refractivity contribution in [3.05, 3.63) is 65.5 Å². The Balaban J connectivity index is 1.73. The number of hydrazine groups is 1. The van der Waals surface area contributed by atoms with Gasteiger partial charge >= 0.3 is 5.97 Å². The van der Waals surface area contributed by atoms with Crippen LogP contribution in [0.1, 0.15) is 34.1 Å². The molecule has 0 aromatic heterocycles. The molecule has 8 nitrogen and oxygen atoms in total. The third-order valence-corrected chi connectivity index (χ3v) is 3.76. The topological polar surface area (TPSA) is 106 Å². The first-order valence-corrected chi connectivity index (χ1v) is 9.36. The van der Waals surface area contributed by atoms with Gasteiger partial charge in [0.2, 0.25) is 0 Å². The van der Waals surface area contributed by atoms with Gasteiger partial charge in [0.1, 0.15) is 11.6 Å². The first kappa shape index (κ1) is 22.8. The molecular weight excluding hydrogens is 413 g/mol. The second kappa shape index (κ2) is 11.5. The fourth-order valence-corrected chi connectivity index (χ4v) is 2.27. The number of hydrogen-bond donors (Lipinski definition) is 3. The van der Waals surface area contributed by atoms with Crippen LogP contribution in [0.25, 0.3) is 0 Å². The van der Waals surface area contributed by atoms with Crippen LogP contribution >= 0.6 is 12.2 Å². The normalized spacial score (nSPS) is 9.93. The molecule has 2 amide bonds. The van der Waals surface area contributed by atoms with Crippen LogP contribution < -0.4 is 20.9 Å². The summed E-state index contributed by atoms with van der Waals surface area (Å²) < 4.78 is 23.9. The van der Waals surface area contributed by atoms with Crippen LogP contribution in [0.3, 0.4) is 0 Å². The number of thiocarbonyl (C=S) groups is 1. The Kier molecular flexibility index (Phi) is 8.70. The van der Waals surface area contributed by atoms with Crippen molar-refractivity contribution >= 4 is 35.1 Å². The smallest absolute Gasteiger partial charge is 0.338 e. The minimum absolute atomic E-state index is 0.182. The van der Waals surface area contributed by atoms with Crippen LogP contribution in [0.4, 0.5) is 4.39 Å². The van der Waals surface area contributed by atoms with Gasteiger partial charge in [-0.25, -0.2) is 9.18 Å².